The summed E-state index contributed by atoms with van der Waals surface area (Å²) in [5, 5.41) is 0. The lowest BCUT2D eigenvalue weighted by molar-refractivity contribution is -0.0395. The molecule has 2 aliphatic rings. The third-order valence-electron chi connectivity index (χ3n) is 4.05. The molecule has 2 saturated heterocycles. The quantitative estimate of drug-likeness (QED) is 0.544. The number of ether oxygens (including phenoxy) is 1. The molecule has 0 amide bonds. The number of fused-ring (bicyclic) bond motifs is 2. The minimum atomic E-state index is 0.0932. The first-order valence-corrected chi connectivity index (χ1v) is 4.84. The lowest BCUT2D eigenvalue weighted by atomic mass is 9.69. The van der Waals surface area contributed by atoms with E-state index in [1.165, 1.54) is 12.8 Å². The maximum absolute atomic E-state index is 6.09. The third kappa shape index (κ3) is 0.779. The first-order valence-electron chi connectivity index (χ1n) is 4.84. The molecule has 2 heterocycles. The van der Waals surface area contributed by atoms with E-state index in [9.17, 15) is 0 Å². The van der Waals surface area contributed by atoms with Crippen LogP contribution in [0.15, 0.2) is 12.7 Å². The Morgan fingerprint density at radius 1 is 1.33 bits per heavy atom. The van der Waals surface area contributed by atoms with Gasteiger partial charge in [-0.3, -0.25) is 0 Å². The summed E-state index contributed by atoms with van der Waals surface area (Å²) >= 11 is 0. The van der Waals surface area contributed by atoms with Gasteiger partial charge in [-0.25, -0.2) is 0 Å². The molecule has 0 aromatic heterocycles. The van der Waals surface area contributed by atoms with Crippen molar-refractivity contribution in [2.75, 3.05) is 0 Å². The Morgan fingerprint density at radius 3 is 2.25 bits per heavy atom. The van der Waals surface area contributed by atoms with Crippen molar-refractivity contribution < 1.29 is 4.74 Å². The molecule has 0 spiro atoms. The van der Waals surface area contributed by atoms with Gasteiger partial charge >= 0.3 is 0 Å². The predicted octanol–water partition coefficient (Wildman–Crippen LogP) is 2.77. The van der Waals surface area contributed by atoms with Crippen LogP contribution in [-0.2, 0) is 4.74 Å². The lowest BCUT2D eigenvalue weighted by Crippen LogP contribution is -2.35. The van der Waals surface area contributed by atoms with E-state index >= 15 is 0 Å². The van der Waals surface area contributed by atoms with Crippen molar-refractivity contribution in [2.45, 2.75) is 44.8 Å². The molecule has 4 unspecified atom stereocenters. The Kier molecular flexibility index (Phi) is 1.48. The van der Waals surface area contributed by atoms with Crippen molar-refractivity contribution in [3.63, 3.8) is 0 Å². The van der Waals surface area contributed by atoms with Crippen LogP contribution in [0.3, 0.4) is 0 Å². The largest absolute Gasteiger partial charge is 0.368 e. The summed E-state index contributed by atoms with van der Waals surface area (Å²) in [7, 11) is 0. The Morgan fingerprint density at radius 2 is 1.92 bits per heavy atom. The fourth-order valence-corrected chi connectivity index (χ4v) is 3.05. The van der Waals surface area contributed by atoms with Crippen LogP contribution in [0.4, 0.5) is 0 Å². The number of hydrogen-bond donors (Lipinski definition) is 0. The maximum Gasteiger partial charge on any atom is 0.0728 e. The number of hydrogen-bond acceptors (Lipinski definition) is 1. The van der Waals surface area contributed by atoms with Crippen LogP contribution in [0.5, 0.6) is 0 Å². The third-order valence-corrected chi connectivity index (χ3v) is 4.05. The van der Waals surface area contributed by atoms with Gasteiger partial charge < -0.3 is 4.74 Å². The molecule has 2 rings (SSSR count). The van der Waals surface area contributed by atoms with Gasteiger partial charge in [-0.1, -0.05) is 13.0 Å². The molecular formula is C11H18O. The van der Waals surface area contributed by atoms with Gasteiger partial charge in [-0.2, -0.15) is 0 Å². The van der Waals surface area contributed by atoms with Gasteiger partial charge in [0.2, 0.25) is 0 Å². The summed E-state index contributed by atoms with van der Waals surface area (Å²) in [5.74, 6) is 1.19. The highest BCUT2D eigenvalue weighted by Gasteiger charge is 2.59. The summed E-state index contributed by atoms with van der Waals surface area (Å²) < 4.78 is 6.09. The minimum Gasteiger partial charge on any atom is -0.368 e. The molecule has 4 atom stereocenters. The van der Waals surface area contributed by atoms with E-state index in [4.69, 9.17) is 4.74 Å². The first kappa shape index (κ1) is 8.31. The Labute approximate surface area is 74.8 Å². The zero-order valence-corrected chi connectivity index (χ0v) is 8.26. The molecule has 0 aromatic rings. The topological polar surface area (TPSA) is 9.23 Å². The summed E-state index contributed by atoms with van der Waals surface area (Å²) in [6.45, 7) is 10.7. The van der Waals surface area contributed by atoms with Gasteiger partial charge in [0.25, 0.3) is 0 Å². The van der Waals surface area contributed by atoms with Crippen LogP contribution in [0, 0.1) is 11.8 Å². The van der Waals surface area contributed by atoms with Crippen LogP contribution in [0.1, 0.15) is 33.6 Å². The van der Waals surface area contributed by atoms with Crippen molar-refractivity contribution in [1.29, 1.82) is 0 Å². The van der Waals surface area contributed by atoms with Crippen molar-refractivity contribution in [1.82, 2.24) is 0 Å². The molecule has 0 aromatic carbocycles. The zero-order valence-electron chi connectivity index (χ0n) is 8.26. The van der Waals surface area contributed by atoms with Crippen LogP contribution >= 0.6 is 0 Å². The van der Waals surface area contributed by atoms with E-state index in [-0.39, 0.29) is 11.2 Å². The van der Waals surface area contributed by atoms with Gasteiger partial charge in [0.1, 0.15) is 0 Å². The monoisotopic (exact) mass is 166 g/mol. The average Bonchev–Trinajstić information content (AvgIpc) is 2.38. The van der Waals surface area contributed by atoms with Crippen LogP contribution in [0.2, 0.25) is 0 Å². The highest BCUT2D eigenvalue weighted by atomic mass is 16.5. The summed E-state index contributed by atoms with van der Waals surface area (Å²) in [6, 6.07) is 0. The summed E-state index contributed by atoms with van der Waals surface area (Å²) in [6.07, 6.45) is 4.49. The highest BCUT2D eigenvalue weighted by Crippen LogP contribution is 2.57. The fourth-order valence-electron chi connectivity index (χ4n) is 3.05. The molecule has 2 fully saturated rings. The van der Waals surface area contributed by atoms with Gasteiger partial charge in [0.05, 0.1) is 11.2 Å². The van der Waals surface area contributed by atoms with Gasteiger partial charge in [-0.05, 0) is 32.6 Å². The van der Waals surface area contributed by atoms with E-state index in [0.29, 0.717) is 11.8 Å². The Hall–Kier alpha value is -0.300. The lowest BCUT2D eigenvalue weighted by Gasteiger charge is -2.32. The fraction of sp³-hybridized carbons (Fsp3) is 0.818. The predicted molar refractivity (Wildman–Crippen MR) is 50.0 cm³/mol. The van der Waals surface area contributed by atoms with Crippen LogP contribution in [-0.4, -0.2) is 11.2 Å². The van der Waals surface area contributed by atoms with Gasteiger partial charge in [0, 0.05) is 5.92 Å². The molecule has 0 N–H and O–H groups in total. The highest BCUT2D eigenvalue weighted by molar-refractivity contribution is 5.13. The summed E-state index contributed by atoms with van der Waals surface area (Å²) in [5.41, 5.74) is 0.226. The van der Waals surface area contributed by atoms with Crippen molar-refractivity contribution in [2.24, 2.45) is 11.8 Å². The SMILES string of the molecule is C=CC1C(C)C2(C)CCC1(C)O2. The van der Waals surface area contributed by atoms with Crippen molar-refractivity contribution in [3.8, 4) is 0 Å². The van der Waals surface area contributed by atoms with Gasteiger partial charge in [-0.15, -0.1) is 6.58 Å². The first-order chi connectivity index (χ1) is 5.52. The molecular weight excluding hydrogens is 148 g/mol. The second-order valence-electron chi connectivity index (χ2n) is 4.78. The average molecular weight is 166 g/mol. The van der Waals surface area contributed by atoms with Crippen molar-refractivity contribution >= 4 is 0 Å². The Balaban J connectivity index is 2.36. The van der Waals surface area contributed by atoms with Crippen molar-refractivity contribution in [3.05, 3.63) is 12.7 Å². The van der Waals surface area contributed by atoms with E-state index in [1.54, 1.807) is 0 Å². The Bertz CT molecular complexity index is 223. The minimum absolute atomic E-state index is 0.0932. The normalized spacial score (nSPS) is 57.6. The number of rotatable bonds is 1. The summed E-state index contributed by atoms with van der Waals surface area (Å²) in [4.78, 5) is 0. The van der Waals surface area contributed by atoms with Crippen LogP contribution in [0.25, 0.3) is 0 Å². The molecule has 0 radical (unpaired) electrons. The smallest absolute Gasteiger partial charge is 0.0728 e. The second kappa shape index (κ2) is 2.14. The molecule has 0 aliphatic carbocycles. The molecule has 68 valence electrons. The molecule has 12 heavy (non-hydrogen) atoms. The second-order valence-corrected chi connectivity index (χ2v) is 4.78. The zero-order chi connectivity index (χ0) is 8.98. The molecule has 2 bridgehead atoms. The van der Waals surface area contributed by atoms with Gasteiger partial charge in [0.15, 0.2) is 0 Å². The van der Waals surface area contributed by atoms with E-state index in [1.807, 2.05) is 0 Å². The maximum atomic E-state index is 6.09. The van der Waals surface area contributed by atoms with E-state index in [2.05, 4.69) is 33.4 Å². The van der Waals surface area contributed by atoms with E-state index < -0.39 is 0 Å². The van der Waals surface area contributed by atoms with Crippen LogP contribution < -0.4 is 0 Å². The molecule has 1 nitrogen and oxygen atoms in total. The molecule has 2 aliphatic heterocycles. The molecule has 0 saturated carbocycles. The standard InChI is InChI=1S/C11H18O/c1-5-9-8(2)10(3)6-7-11(9,4)12-10/h5,8-9H,1,6-7H2,2-4H3. The molecule has 1 heteroatoms. The van der Waals surface area contributed by atoms with E-state index in [0.717, 1.165) is 0 Å².